The molecule has 0 amide bonds. The quantitative estimate of drug-likeness (QED) is 0.514. The number of fused-ring (bicyclic) bond motifs is 3. The van der Waals surface area contributed by atoms with Gasteiger partial charge in [-0.2, -0.15) is 0 Å². The van der Waals surface area contributed by atoms with Gasteiger partial charge < -0.3 is 9.84 Å². The van der Waals surface area contributed by atoms with Crippen LogP contribution in [0.4, 0.5) is 5.69 Å². The van der Waals surface area contributed by atoms with E-state index in [9.17, 15) is 20.0 Å². The van der Waals surface area contributed by atoms with Crippen LogP contribution in [0.2, 0.25) is 0 Å². The number of rotatable bonds is 6. The van der Waals surface area contributed by atoms with E-state index >= 15 is 0 Å². The molecule has 1 N–H and O–H groups in total. The fraction of sp³-hybridized carbons (Fsp3) is 0.333. The van der Waals surface area contributed by atoms with Crippen molar-refractivity contribution in [2.24, 2.45) is 0 Å². The molecule has 0 spiro atoms. The van der Waals surface area contributed by atoms with Crippen molar-refractivity contribution in [3.63, 3.8) is 0 Å². The van der Waals surface area contributed by atoms with Crippen LogP contribution in [-0.4, -0.2) is 32.3 Å². The van der Waals surface area contributed by atoms with E-state index in [1.54, 1.807) is 17.4 Å². The first kappa shape index (κ1) is 17.6. The highest BCUT2D eigenvalue weighted by Crippen LogP contribution is 2.34. The number of aliphatic hydroxyl groups excluding tert-OH is 1. The monoisotopic (exact) mass is 387 g/mol. The van der Waals surface area contributed by atoms with Crippen LogP contribution in [0.3, 0.4) is 0 Å². The van der Waals surface area contributed by atoms with E-state index < -0.39 is 11.0 Å². The molecule has 0 aliphatic heterocycles. The Bertz CT molecular complexity index is 1070. The summed E-state index contributed by atoms with van der Waals surface area (Å²) in [5.74, 6) is 0.292. The van der Waals surface area contributed by atoms with E-state index in [1.807, 2.05) is 0 Å². The van der Waals surface area contributed by atoms with Crippen LogP contribution >= 0.6 is 11.3 Å². The van der Waals surface area contributed by atoms with Gasteiger partial charge in [0.25, 0.3) is 11.2 Å². The Labute approximate surface area is 157 Å². The van der Waals surface area contributed by atoms with E-state index in [1.165, 1.54) is 34.0 Å². The summed E-state index contributed by atoms with van der Waals surface area (Å²) in [5, 5.41) is 21.7. The van der Waals surface area contributed by atoms with Gasteiger partial charge in [0, 0.05) is 10.9 Å². The van der Waals surface area contributed by atoms with E-state index in [-0.39, 0.29) is 24.4 Å². The van der Waals surface area contributed by atoms with E-state index in [0.29, 0.717) is 11.1 Å². The Morgan fingerprint density at radius 1 is 1.41 bits per heavy atom. The molecule has 4 rings (SSSR count). The maximum atomic E-state index is 12.8. The zero-order valence-electron chi connectivity index (χ0n) is 14.3. The minimum Gasteiger partial charge on any atom is -0.491 e. The van der Waals surface area contributed by atoms with Crippen LogP contribution in [-0.2, 0) is 19.4 Å². The van der Waals surface area contributed by atoms with Crippen LogP contribution in [0.1, 0.15) is 16.9 Å². The lowest BCUT2D eigenvalue weighted by molar-refractivity contribution is -0.384. The van der Waals surface area contributed by atoms with Gasteiger partial charge >= 0.3 is 0 Å². The summed E-state index contributed by atoms with van der Waals surface area (Å²) < 4.78 is 6.83. The van der Waals surface area contributed by atoms with Gasteiger partial charge in [-0.1, -0.05) is 6.07 Å². The number of thiophene rings is 1. The highest BCUT2D eigenvalue weighted by Gasteiger charge is 2.21. The minimum absolute atomic E-state index is 0.0430. The number of aliphatic hydroxyl groups is 1. The third-order valence-electron chi connectivity index (χ3n) is 4.57. The molecule has 0 bridgehead atoms. The number of ether oxygens (including phenoxy) is 1. The maximum Gasteiger partial charge on any atom is 0.273 e. The van der Waals surface area contributed by atoms with Crippen molar-refractivity contribution in [1.29, 1.82) is 0 Å². The summed E-state index contributed by atoms with van der Waals surface area (Å²) in [4.78, 5) is 29.4. The second kappa shape index (κ2) is 7.09. The third-order valence-corrected chi connectivity index (χ3v) is 5.77. The molecule has 1 unspecified atom stereocenters. The topological polar surface area (TPSA) is 107 Å². The molecule has 3 aromatic rings. The Hall–Kier alpha value is -2.78. The molecular formula is C18H17N3O5S. The van der Waals surface area contributed by atoms with Gasteiger partial charge in [0.05, 0.1) is 29.2 Å². The first-order valence-corrected chi connectivity index (χ1v) is 9.39. The SMILES string of the molecule is O=c1c2c3c(sc2ncn1CC(O)COc1cccc([N+](=O)[O-])c1)CCC3. The normalized spacial score (nSPS) is 14.3. The highest BCUT2D eigenvalue weighted by molar-refractivity contribution is 7.18. The van der Waals surface area contributed by atoms with Gasteiger partial charge in [0.1, 0.15) is 23.3 Å². The Morgan fingerprint density at radius 2 is 2.26 bits per heavy atom. The zero-order valence-corrected chi connectivity index (χ0v) is 15.1. The van der Waals surface area contributed by atoms with Crippen LogP contribution in [0.15, 0.2) is 35.4 Å². The molecule has 27 heavy (non-hydrogen) atoms. The number of nitro benzene ring substituents is 1. The van der Waals surface area contributed by atoms with Gasteiger partial charge in [-0.15, -0.1) is 11.3 Å². The molecule has 0 saturated heterocycles. The number of nitrogens with zero attached hydrogens (tertiary/aromatic N) is 3. The van der Waals surface area contributed by atoms with Gasteiger partial charge in [-0.3, -0.25) is 19.5 Å². The minimum atomic E-state index is -0.951. The molecule has 9 heteroatoms. The maximum absolute atomic E-state index is 12.8. The van der Waals surface area contributed by atoms with Crippen molar-refractivity contribution in [2.75, 3.05) is 6.61 Å². The van der Waals surface area contributed by atoms with Gasteiger partial charge in [-0.25, -0.2) is 4.98 Å². The van der Waals surface area contributed by atoms with Crippen molar-refractivity contribution < 1.29 is 14.8 Å². The standard InChI is InChI=1S/C18H17N3O5S/c22-12(9-26-13-4-1-3-11(7-13)21(24)25)8-20-10-19-17-16(18(20)23)14-5-2-6-15(14)27-17/h1,3-4,7,10,12,22H,2,5-6,8-9H2. The van der Waals surface area contributed by atoms with Crippen molar-refractivity contribution >= 4 is 27.2 Å². The van der Waals surface area contributed by atoms with Gasteiger partial charge in [0.15, 0.2) is 0 Å². The Morgan fingerprint density at radius 3 is 3.07 bits per heavy atom. The van der Waals surface area contributed by atoms with Crippen LogP contribution in [0.5, 0.6) is 5.75 Å². The van der Waals surface area contributed by atoms with Crippen molar-refractivity contribution in [2.45, 2.75) is 31.9 Å². The summed E-state index contributed by atoms with van der Waals surface area (Å²) in [6.07, 6.45) is 3.45. The Kier molecular flexibility index (Phi) is 4.63. The van der Waals surface area contributed by atoms with E-state index in [2.05, 4.69) is 4.98 Å². The lowest BCUT2D eigenvalue weighted by atomic mass is 10.2. The molecule has 8 nitrogen and oxygen atoms in total. The number of hydrogen-bond acceptors (Lipinski definition) is 7. The number of benzene rings is 1. The van der Waals surface area contributed by atoms with Crippen molar-refractivity contribution in [3.8, 4) is 5.75 Å². The summed E-state index contributed by atoms with van der Waals surface area (Å²) in [5.41, 5.74) is 0.872. The lowest BCUT2D eigenvalue weighted by Crippen LogP contribution is -2.30. The van der Waals surface area contributed by atoms with Gasteiger partial charge in [-0.05, 0) is 30.9 Å². The molecule has 2 aromatic heterocycles. The van der Waals surface area contributed by atoms with E-state index in [4.69, 9.17) is 4.74 Å². The van der Waals surface area contributed by atoms with Crippen LogP contribution in [0.25, 0.3) is 10.2 Å². The molecule has 1 atom stereocenters. The molecule has 0 saturated carbocycles. The number of aryl methyl sites for hydroxylation is 2. The second-order valence-corrected chi connectivity index (χ2v) is 7.54. The molecule has 140 valence electrons. The highest BCUT2D eigenvalue weighted by atomic mass is 32.1. The number of aromatic nitrogens is 2. The fourth-order valence-electron chi connectivity index (χ4n) is 3.31. The smallest absolute Gasteiger partial charge is 0.273 e. The third kappa shape index (κ3) is 3.43. The lowest BCUT2D eigenvalue weighted by Gasteiger charge is -2.13. The number of hydrogen-bond donors (Lipinski definition) is 1. The van der Waals surface area contributed by atoms with Crippen LogP contribution in [0, 0.1) is 10.1 Å². The predicted molar refractivity (Wildman–Crippen MR) is 101 cm³/mol. The summed E-state index contributed by atoms with van der Waals surface area (Å²) in [6, 6.07) is 5.75. The average molecular weight is 387 g/mol. The predicted octanol–water partition coefficient (Wildman–Crippen LogP) is 2.29. The molecule has 0 radical (unpaired) electrons. The summed E-state index contributed by atoms with van der Waals surface area (Å²) >= 11 is 1.57. The second-order valence-electron chi connectivity index (χ2n) is 6.46. The molecule has 0 fully saturated rings. The average Bonchev–Trinajstić information content (AvgIpc) is 3.23. The first-order chi connectivity index (χ1) is 13.0. The molecule has 1 aliphatic rings. The summed E-state index contributed by atoms with van der Waals surface area (Å²) in [7, 11) is 0. The van der Waals surface area contributed by atoms with Crippen molar-refractivity contribution in [1.82, 2.24) is 9.55 Å². The molecule has 2 heterocycles. The fourth-order valence-corrected chi connectivity index (χ4v) is 4.53. The summed E-state index contributed by atoms with van der Waals surface area (Å²) in [6.45, 7) is -0.0469. The zero-order chi connectivity index (χ0) is 19.0. The van der Waals surface area contributed by atoms with E-state index in [0.717, 1.165) is 29.7 Å². The number of non-ortho nitro benzene ring substituents is 1. The molecule has 1 aliphatic carbocycles. The van der Waals surface area contributed by atoms with Gasteiger partial charge in [0.2, 0.25) is 0 Å². The molecular weight excluding hydrogens is 370 g/mol. The van der Waals surface area contributed by atoms with Crippen molar-refractivity contribution in [3.05, 3.63) is 61.5 Å². The number of nitro groups is 1. The largest absolute Gasteiger partial charge is 0.491 e. The van der Waals surface area contributed by atoms with Crippen LogP contribution < -0.4 is 10.3 Å². The molecule has 1 aromatic carbocycles. The Balaban J connectivity index is 1.47. The first-order valence-electron chi connectivity index (χ1n) is 8.58.